The van der Waals surface area contributed by atoms with Crippen molar-refractivity contribution >= 4 is 23.5 Å². The van der Waals surface area contributed by atoms with Crippen LogP contribution in [0.25, 0.3) is 0 Å². The van der Waals surface area contributed by atoms with E-state index in [1.54, 1.807) is 29.7 Å². The molecule has 0 saturated carbocycles. The number of thioether (sulfide) groups is 2. The van der Waals surface area contributed by atoms with Crippen molar-refractivity contribution in [3.63, 3.8) is 0 Å². The van der Waals surface area contributed by atoms with Crippen LogP contribution in [-0.4, -0.2) is 19.9 Å². The molecule has 1 atom stereocenters. The van der Waals surface area contributed by atoms with E-state index in [2.05, 4.69) is 50.2 Å². The highest BCUT2D eigenvalue weighted by atomic mass is 32.2. The Labute approximate surface area is 125 Å². The molecule has 2 aromatic rings. The fourth-order valence-electron chi connectivity index (χ4n) is 2.36. The van der Waals surface area contributed by atoms with Crippen LogP contribution < -0.4 is 5.01 Å². The van der Waals surface area contributed by atoms with Gasteiger partial charge in [0.25, 0.3) is 0 Å². The van der Waals surface area contributed by atoms with E-state index in [9.17, 15) is 0 Å². The summed E-state index contributed by atoms with van der Waals surface area (Å²) in [5.74, 6) is 1.35. The van der Waals surface area contributed by atoms with Gasteiger partial charge in [0.15, 0.2) is 5.82 Å². The lowest BCUT2D eigenvalue weighted by atomic mass is 10.2. The average molecular weight is 303 g/mol. The molecule has 0 aliphatic carbocycles. The molecule has 20 heavy (non-hydrogen) atoms. The van der Waals surface area contributed by atoms with Gasteiger partial charge >= 0.3 is 0 Å². The highest BCUT2D eigenvalue weighted by Gasteiger charge is 2.39. The molecule has 0 fully saturated rings. The van der Waals surface area contributed by atoms with Gasteiger partial charge in [0.2, 0.25) is 5.16 Å². The fraction of sp³-hybridized carbons (Fsp3) is 0.308. The van der Waals surface area contributed by atoms with Crippen molar-refractivity contribution in [1.29, 1.82) is 0 Å². The Hall–Kier alpha value is -1.47. The summed E-state index contributed by atoms with van der Waals surface area (Å²) < 4.78 is 2.15. The molecule has 2 aromatic heterocycles. The maximum Gasteiger partial charge on any atom is 0.216 e. The second kappa shape index (κ2) is 4.53. The van der Waals surface area contributed by atoms with Crippen molar-refractivity contribution < 1.29 is 0 Å². The highest BCUT2D eigenvalue weighted by molar-refractivity contribution is 8.07. The maximum absolute atomic E-state index is 4.32. The van der Waals surface area contributed by atoms with Crippen LogP contribution in [0.4, 0.5) is 0 Å². The normalized spacial score (nSPS) is 20.2. The minimum Gasteiger partial charge on any atom is -0.264 e. The number of aromatic nitrogens is 4. The van der Waals surface area contributed by atoms with Gasteiger partial charge in [-0.1, -0.05) is 31.7 Å². The first-order valence-electron chi connectivity index (χ1n) is 6.44. The van der Waals surface area contributed by atoms with E-state index in [4.69, 9.17) is 0 Å². The molecule has 0 bridgehead atoms. The molecule has 0 N–H and O–H groups in total. The van der Waals surface area contributed by atoms with Crippen molar-refractivity contribution in [2.24, 2.45) is 0 Å². The molecule has 5 nitrogen and oxygen atoms in total. The Morgan fingerprint density at radius 1 is 1.30 bits per heavy atom. The molecule has 0 spiro atoms. The van der Waals surface area contributed by atoms with E-state index in [1.165, 1.54) is 10.6 Å². The summed E-state index contributed by atoms with van der Waals surface area (Å²) in [6.45, 7) is 4.29. The van der Waals surface area contributed by atoms with Gasteiger partial charge < -0.3 is 0 Å². The molecule has 0 saturated heterocycles. The molecule has 4 rings (SSSR count). The number of pyridine rings is 1. The van der Waals surface area contributed by atoms with Crippen LogP contribution in [0.15, 0.2) is 40.1 Å². The van der Waals surface area contributed by atoms with E-state index in [0.29, 0.717) is 5.92 Å². The molecular weight excluding hydrogens is 290 g/mol. The summed E-state index contributed by atoms with van der Waals surface area (Å²) in [5.41, 5.74) is 1.20. The van der Waals surface area contributed by atoms with Gasteiger partial charge in [-0.2, -0.15) is 0 Å². The Bertz CT molecular complexity index is 679. The summed E-state index contributed by atoms with van der Waals surface area (Å²) in [7, 11) is 0. The van der Waals surface area contributed by atoms with E-state index < -0.39 is 0 Å². The van der Waals surface area contributed by atoms with Crippen LogP contribution in [0.1, 0.15) is 36.5 Å². The number of hydrogen-bond donors (Lipinski definition) is 0. The molecule has 7 heteroatoms. The molecule has 0 radical (unpaired) electrons. The smallest absolute Gasteiger partial charge is 0.216 e. The van der Waals surface area contributed by atoms with E-state index in [0.717, 1.165) is 11.0 Å². The predicted molar refractivity (Wildman–Crippen MR) is 80.8 cm³/mol. The Morgan fingerprint density at radius 2 is 2.20 bits per heavy atom. The summed E-state index contributed by atoms with van der Waals surface area (Å²) >= 11 is 3.48. The summed E-state index contributed by atoms with van der Waals surface area (Å²) in [5, 5.41) is 15.5. The van der Waals surface area contributed by atoms with Gasteiger partial charge in [0, 0.05) is 29.3 Å². The van der Waals surface area contributed by atoms with Gasteiger partial charge in [-0.25, -0.2) is 4.68 Å². The molecular formula is C13H13N5S2. The average Bonchev–Trinajstić information content (AvgIpc) is 3.09. The highest BCUT2D eigenvalue weighted by Crippen LogP contribution is 2.51. The van der Waals surface area contributed by atoms with Crippen molar-refractivity contribution in [1.82, 2.24) is 19.9 Å². The first-order chi connectivity index (χ1) is 9.75. The van der Waals surface area contributed by atoms with Crippen LogP contribution in [0, 0.1) is 0 Å². The largest absolute Gasteiger partial charge is 0.264 e. The fourth-order valence-corrected chi connectivity index (χ4v) is 4.58. The molecule has 0 amide bonds. The van der Waals surface area contributed by atoms with Crippen LogP contribution in [-0.2, 0) is 0 Å². The monoisotopic (exact) mass is 303 g/mol. The lowest BCUT2D eigenvalue weighted by Crippen LogP contribution is -2.31. The summed E-state index contributed by atoms with van der Waals surface area (Å²) in [6, 6.07) is 4.09. The molecule has 102 valence electrons. The van der Waals surface area contributed by atoms with E-state index in [-0.39, 0.29) is 5.37 Å². The quantitative estimate of drug-likeness (QED) is 0.849. The molecule has 4 heterocycles. The molecule has 2 aliphatic heterocycles. The Balaban J connectivity index is 1.79. The lowest BCUT2D eigenvalue weighted by molar-refractivity contribution is 0.581. The number of rotatable bonds is 2. The van der Waals surface area contributed by atoms with Crippen LogP contribution in [0.2, 0.25) is 0 Å². The van der Waals surface area contributed by atoms with Crippen molar-refractivity contribution in [2.45, 2.75) is 30.3 Å². The van der Waals surface area contributed by atoms with Gasteiger partial charge in [-0.05, 0) is 17.8 Å². The number of fused-ring (bicyclic) bond motifs is 3. The zero-order valence-electron chi connectivity index (χ0n) is 11.1. The summed E-state index contributed by atoms with van der Waals surface area (Å²) in [6.07, 6.45) is 3.73. The second-order valence-corrected chi connectivity index (χ2v) is 6.93. The summed E-state index contributed by atoms with van der Waals surface area (Å²) in [4.78, 5) is 4.23. The zero-order valence-corrected chi connectivity index (χ0v) is 12.7. The third-order valence-electron chi connectivity index (χ3n) is 3.28. The predicted octanol–water partition coefficient (Wildman–Crippen LogP) is 3.08. The minimum absolute atomic E-state index is 0.209. The Morgan fingerprint density at radius 3 is 2.95 bits per heavy atom. The zero-order chi connectivity index (χ0) is 13.7. The Kier molecular flexibility index (Phi) is 2.78. The number of nitrogens with zero attached hydrogens (tertiary/aromatic N) is 5. The van der Waals surface area contributed by atoms with Crippen LogP contribution in [0.5, 0.6) is 0 Å². The topological polar surface area (TPSA) is 46.8 Å². The van der Waals surface area contributed by atoms with Crippen LogP contribution >= 0.6 is 23.5 Å². The van der Waals surface area contributed by atoms with Gasteiger partial charge in [-0.3, -0.25) is 9.99 Å². The lowest BCUT2D eigenvalue weighted by Gasteiger charge is -2.26. The van der Waals surface area contributed by atoms with Gasteiger partial charge in [-0.15, -0.1) is 10.2 Å². The molecule has 0 aromatic carbocycles. The SMILES string of the molecule is CC(C)c1nnc2n1N1C(=CS[C@@H]1c1cccnc1)S2. The van der Waals surface area contributed by atoms with Crippen molar-refractivity contribution in [2.75, 3.05) is 5.01 Å². The third kappa shape index (κ3) is 1.69. The second-order valence-electron chi connectivity index (χ2n) is 4.98. The van der Waals surface area contributed by atoms with Crippen molar-refractivity contribution in [3.05, 3.63) is 46.4 Å². The first kappa shape index (κ1) is 12.3. The van der Waals surface area contributed by atoms with Crippen molar-refractivity contribution in [3.8, 4) is 0 Å². The molecule has 0 unspecified atom stereocenters. The molecule has 2 aliphatic rings. The van der Waals surface area contributed by atoms with Crippen LogP contribution in [0.3, 0.4) is 0 Å². The first-order valence-corrected chi connectivity index (χ1v) is 8.20. The number of hydrogen-bond acceptors (Lipinski definition) is 6. The van der Waals surface area contributed by atoms with Gasteiger partial charge in [0.05, 0.1) is 0 Å². The third-order valence-corrected chi connectivity index (χ3v) is 5.47. The van der Waals surface area contributed by atoms with Gasteiger partial charge in [0.1, 0.15) is 10.4 Å². The van der Waals surface area contributed by atoms with E-state index >= 15 is 0 Å². The van der Waals surface area contributed by atoms with E-state index in [1.807, 2.05) is 12.3 Å². The standard InChI is InChI=1S/C13H13N5S2/c1-8(2)11-15-16-13-18(11)17-10(20-13)7-19-12(17)9-4-3-5-14-6-9/h3-8,12H,1-2H3/t12-/m1/s1. The maximum atomic E-state index is 4.32. The minimum atomic E-state index is 0.209.